The van der Waals surface area contributed by atoms with Crippen molar-refractivity contribution in [3.8, 4) is 11.4 Å². The van der Waals surface area contributed by atoms with Crippen molar-refractivity contribution in [1.82, 2.24) is 19.8 Å². The molecule has 0 aliphatic carbocycles. The summed E-state index contributed by atoms with van der Waals surface area (Å²) in [5, 5.41) is 3.31. The minimum absolute atomic E-state index is 0.273. The van der Waals surface area contributed by atoms with Crippen LogP contribution in [0.5, 0.6) is 5.75 Å². The van der Waals surface area contributed by atoms with Gasteiger partial charge in [-0.05, 0) is 69.3 Å². The van der Waals surface area contributed by atoms with Gasteiger partial charge in [0.05, 0.1) is 30.2 Å². The topological polar surface area (TPSA) is 59.4 Å². The summed E-state index contributed by atoms with van der Waals surface area (Å²) in [4.78, 5) is 20.2. The lowest BCUT2D eigenvalue weighted by atomic mass is 9.74. The highest BCUT2D eigenvalue weighted by molar-refractivity contribution is 5.84. The summed E-state index contributed by atoms with van der Waals surface area (Å²) < 4.78 is 7.69. The summed E-state index contributed by atoms with van der Waals surface area (Å²) in [5.74, 6) is 1.06. The predicted octanol–water partition coefficient (Wildman–Crippen LogP) is 4.19. The highest BCUT2D eigenvalue weighted by atomic mass is 16.5. The first-order chi connectivity index (χ1) is 16.5. The van der Waals surface area contributed by atoms with Crippen LogP contribution < -0.4 is 10.1 Å². The highest BCUT2D eigenvalue weighted by Gasteiger charge is 2.43. The first-order valence-electron chi connectivity index (χ1n) is 12.2. The van der Waals surface area contributed by atoms with Gasteiger partial charge in [0.2, 0.25) is 5.91 Å². The molecule has 1 fully saturated rings. The quantitative estimate of drug-likeness (QED) is 0.493. The monoisotopic (exact) mass is 460 g/mol. The first kappa shape index (κ1) is 24.0. The van der Waals surface area contributed by atoms with Crippen LogP contribution in [0.4, 0.5) is 0 Å². The van der Waals surface area contributed by atoms with E-state index in [4.69, 9.17) is 4.74 Å². The van der Waals surface area contributed by atoms with Crippen molar-refractivity contribution in [2.45, 2.75) is 39.0 Å². The van der Waals surface area contributed by atoms with Crippen LogP contribution in [0.2, 0.25) is 0 Å². The van der Waals surface area contributed by atoms with Crippen molar-refractivity contribution in [3.63, 3.8) is 0 Å². The van der Waals surface area contributed by atoms with Gasteiger partial charge in [0, 0.05) is 25.8 Å². The Morgan fingerprint density at radius 1 is 1.15 bits per heavy atom. The van der Waals surface area contributed by atoms with Crippen LogP contribution in [0.25, 0.3) is 5.69 Å². The molecule has 6 nitrogen and oxygen atoms in total. The first-order valence-corrected chi connectivity index (χ1v) is 12.2. The summed E-state index contributed by atoms with van der Waals surface area (Å²) in [6.07, 6.45) is 8.38. The molecule has 2 heterocycles. The SMILES string of the molecule is CNCC1(Cc2ccc(-n3cnc(C)c3)c(OC)c2)CCCN(CCCc2ccccc2)C1=O. The fraction of sp³-hybridized carbons (Fsp3) is 0.429. The second kappa shape index (κ2) is 10.9. The minimum Gasteiger partial charge on any atom is -0.495 e. The lowest BCUT2D eigenvalue weighted by Crippen LogP contribution is -2.54. The van der Waals surface area contributed by atoms with E-state index in [0.29, 0.717) is 13.0 Å². The number of aryl methyl sites for hydroxylation is 2. The molecular weight excluding hydrogens is 424 g/mol. The molecule has 4 rings (SSSR count). The molecule has 0 spiro atoms. The molecule has 1 N–H and O–H groups in total. The summed E-state index contributed by atoms with van der Waals surface area (Å²) >= 11 is 0. The third-order valence-corrected chi connectivity index (χ3v) is 6.85. The largest absolute Gasteiger partial charge is 0.495 e. The lowest BCUT2D eigenvalue weighted by Gasteiger charge is -2.42. The van der Waals surface area contributed by atoms with Crippen LogP contribution in [0.3, 0.4) is 0 Å². The van der Waals surface area contributed by atoms with Gasteiger partial charge < -0.3 is 19.5 Å². The Labute approximate surface area is 203 Å². The van der Waals surface area contributed by atoms with Gasteiger partial charge in [0.1, 0.15) is 5.75 Å². The molecule has 6 heteroatoms. The van der Waals surface area contributed by atoms with Crippen molar-refractivity contribution in [1.29, 1.82) is 0 Å². The van der Waals surface area contributed by atoms with Crippen LogP contribution in [0.15, 0.2) is 61.1 Å². The number of carbonyl (C=O) groups is 1. The maximum Gasteiger partial charge on any atom is 0.230 e. The second-order valence-electron chi connectivity index (χ2n) is 9.40. The smallest absolute Gasteiger partial charge is 0.230 e. The van der Waals surface area contributed by atoms with E-state index < -0.39 is 5.41 Å². The van der Waals surface area contributed by atoms with Gasteiger partial charge in [0.25, 0.3) is 0 Å². The number of nitrogens with zero attached hydrogens (tertiary/aromatic N) is 3. The number of amides is 1. The van der Waals surface area contributed by atoms with Gasteiger partial charge in [-0.25, -0.2) is 4.98 Å². The number of nitrogens with one attached hydrogen (secondary N) is 1. The van der Waals surface area contributed by atoms with Gasteiger partial charge in [-0.15, -0.1) is 0 Å². The van der Waals surface area contributed by atoms with Crippen LogP contribution in [0, 0.1) is 12.3 Å². The average molecular weight is 461 g/mol. The maximum atomic E-state index is 13.8. The zero-order valence-electron chi connectivity index (χ0n) is 20.6. The number of benzene rings is 2. The van der Waals surface area contributed by atoms with E-state index >= 15 is 0 Å². The number of likely N-dealkylation sites (tertiary alicyclic amines) is 1. The minimum atomic E-state index is -0.433. The molecule has 1 aromatic heterocycles. The second-order valence-corrected chi connectivity index (χ2v) is 9.40. The lowest BCUT2D eigenvalue weighted by molar-refractivity contribution is -0.146. The van der Waals surface area contributed by atoms with Crippen molar-refractivity contribution in [3.05, 3.63) is 77.9 Å². The van der Waals surface area contributed by atoms with E-state index in [1.165, 1.54) is 5.56 Å². The standard InChI is InChI=1S/C28H36N4O2/c1-22-19-32(21-30-22)25-13-12-24(17-26(25)34-3)18-28(20-29-2)14-8-16-31(27(28)33)15-7-11-23-9-5-4-6-10-23/h4-6,9-10,12-13,17,19,21,29H,7-8,11,14-16,18,20H2,1-3H3. The van der Waals surface area contributed by atoms with E-state index in [2.05, 4.69) is 57.7 Å². The zero-order chi connectivity index (χ0) is 24.0. The van der Waals surface area contributed by atoms with Gasteiger partial charge in [0.15, 0.2) is 0 Å². The molecule has 1 aliphatic rings. The predicted molar refractivity (Wildman–Crippen MR) is 135 cm³/mol. The molecule has 2 aromatic carbocycles. The molecule has 0 radical (unpaired) electrons. The number of carbonyl (C=O) groups excluding carboxylic acids is 1. The Balaban J connectivity index is 1.50. The summed E-state index contributed by atoms with van der Waals surface area (Å²) in [6.45, 7) is 4.30. The Kier molecular flexibility index (Phi) is 7.68. The van der Waals surface area contributed by atoms with Gasteiger partial charge in [-0.2, -0.15) is 0 Å². The van der Waals surface area contributed by atoms with Crippen LogP contribution in [0.1, 0.15) is 36.1 Å². The van der Waals surface area contributed by atoms with Crippen molar-refractivity contribution < 1.29 is 9.53 Å². The Morgan fingerprint density at radius 2 is 1.97 bits per heavy atom. The normalized spacial score (nSPS) is 18.3. The van der Waals surface area contributed by atoms with Gasteiger partial charge >= 0.3 is 0 Å². The highest BCUT2D eigenvalue weighted by Crippen LogP contribution is 2.36. The molecule has 0 bridgehead atoms. The molecule has 0 saturated carbocycles. The fourth-order valence-corrected chi connectivity index (χ4v) is 5.20. The number of imidazole rings is 1. The van der Waals surface area contributed by atoms with Crippen LogP contribution in [-0.2, 0) is 17.6 Å². The Morgan fingerprint density at radius 3 is 2.68 bits per heavy atom. The van der Waals surface area contributed by atoms with E-state index in [1.54, 1.807) is 13.4 Å². The molecular formula is C28H36N4O2. The molecule has 1 atom stereocenters. The van der Waals surface area contributed by atoms with E-state index in [-0.39, 0.29) is 5.91 Å². The Hall–Kier alpha value is -3.12. The number of hydrogen-bond donors (Lipinski definition) is 1. The number of methoxy groups -OCH3 is 1. The van der Waals surface area contributed by atoms with Gasteiger partial charge in [-0.1, -0.05) is 36.4 Å². The zero-order valence-corrected chi connectivity index (χ0v) is 20.6. The maximum absolute atomic E-state index is 13.8. The number of rotatable bonds is 10. The molecule has 180 valence electrons. The number of hydrogen-bond acceptors (Lipinski definition) is 4. The van der Waals surface area contributed by atoms with E-state index in [9.17, 15) is 4.79 Å². The van der Waals surface area contributed by atoms with E-state index in [0.717, 1.165) is 61.5 Å². The van der Waals surface area contributed by atoms with Crippen LogP contribution in [-0.4, -0.2) is 54.1 Å². The third kappa shape index (κ3) is 5.33. The van der Waals surface area contributed by atoms with E-state index in [1.807, 2.05) is 30.8 Å². The molecule has 1 unspecified atom stereocenters. The third-order valence-electron chi connectivity index (χ3n) is 6.85. The molecule has 1 saturated heterocycles. The summed E-state index contributed by atoms with van der Waals surface area (Å²) in [5.41, 5.74) is 3.92. The number of ether oxygens (including phenoxy) is 1. The molecule has 1 aliphatic heterocycles. The van der Waals surface area contributed by atoms with Crippen molar-refractivity contribution in [2.24, 2.45) is 5.41 Å². The molecule has 34 heavy (non-hydrogen) atoms. The number of piperidine rings is 1. The van der Waals surface area contributed by atoms with Crippen molar-refractivity contribution >= 4 is 5.91 Å². The molecule has 3 aromatic rings. The average Bonchev–Trinajstić information content (AvgIpc) is 3.28. The van der Waals surface area contributed by atoms with Crippen molar-refractivity contribution in [2.75, 3.05) is 33.8 Å². The van der Waals surface area contributed by atoms with Crippen LogP contribution >= 0.6 is 0 Å². The van der Waals surface area contributed by atoms with Gasteiger partial charge in [-0.3, -0.25) is 4.79 Å². The Bertz CT molecular complexity index is 1090. The summed E-state index contributed by atoms with van der Waals surface area (Å²) in [7, 11) is 3.63. The summed E-state index contributed by atoms with van der Waals surface area (Å²) in [6, 6.07) is 16.8. The molecule has 1 amide bonds. The number of aromatic nitrogens is 2. The fourth-order valence-electron chi connectivity index (χ4n) is 5.20.